The number of nitrogen functional groups attached to an aromatic ring is 1. The highest BCUT2D eigenvalue weighted by atomic mass is 35.5. The van der Waals surface area contributed by atoms with Gasteiger partial charge in [-0.3, -0.25) is 0 Å². The SMILES string of the molecule is [B]c1cc(Cl)c(-c2nc(N)nc3c2CN(C(=O)NC24CC(C2)C4)C3)cc1OCCCO. The monoisotopic (exact) mass is 439 g/mol. The predicted molar refractivity (Wildman–Crippen MR) is 117 cm³/mol. The highest BCUT2D eigenvalue weighted by Crippen LogP contribution is 2.57. The van der Waals surface area contributed by atoms with Crippen molar-refractivity contribution >= 4 is 36.9 Å². The zero-order chi connectivity index (χ0) is 21.8. The Morgan fingerprint density at radius 2 is 2.13 bits per heavy atom. The van der Waals surface area contributed by atoms with Gasteiger partial charge in [0.05, 0.1) is 31.1 Å². The number of benzene rings is 1. The van der Waals surface area contributed by atoms with Crippen LogP contribution in [0.4, 0.5) is 10.7 Å². The van der Waals surface area contributed by atoms with Gasteiger partial charge < -0.3 is 25.8 Å². The second-order valence-electron chi connectivity index (χ2n) is 8.70. The van der Waals surface area contributed by atoms with E-state index in [1.54, 1.807) is 17.0 Å². The Balaban J connectivity index is 1.43. The van der Waals surface area contributed by atoms with E-state index in [9.17, 15) is 4.79 Å². The van der Waals surface area contributed by atoms with Gasteiger partial charge in [-0.05, 0) is 37.3 Å². The largest absolute Gasteiger partial charge is 0.494 e. The average Bonchev–Trinajstić information content (AvgIpc) is 3.09. The van der Waals surface area contributed by atoms with Crippen LogP contribution in [0.15, 0.2) is 12.1 Å². The van der Waals surface area contributed by atoms with Gasteiger partial charge in [-0.1, -0.05) is 17.1 Å². The number of hydrogen-bond acceptors (Lipinski definition) is 6. The third-order valence-corrected chi connectivity index (χ3v) is 6.72. The molecule has 4 N–H and O–H groups in total. The number of carbonyl (C=O) groups excluding carboxylic acids is 1. The first-order chi connectivity index (χ1) is 14.9. The number of halogens is 1. The summed E-state index contributed by atoms with van der Waals surface area (Å²) in [5.41, 5.74) is 9.09. The minimum Gasteiger partial charge on any atom is -0.494 e. The molecule has 0 spiro atoms. The Labute approximate surface area is 186 Å². The number of ether oxygens (including phenoxy) is 1. The summed E-state index contributed by atoms with van der Waals surface area (Å²) in [5.74, 6) is 1.36. The van der Waals surface area contributed by atoms with Gasteiger partial charge in [0.15, 0.2) is 0 Å². The van der Waals surface area contributed by atoms with Crippen LogP contribution in [0, 0.1) is 5.92 Å². The predicted octanol–water partition coefficient (Wildman–Crippen LogP) is 1.51. The van der Waals surface area contributed by atoms with E-state index in [1.165, 1.54) is 0 Å². The van der Waals surface area contributed by atoms with Crippen LogP contribution < -0.4 is 21.3 Å². The molecule has 10 heteroatoms. The summed E-state index contributed by atoms with van der Waals surface area (Å²) in [5, 5.41) is 12.6. The molecule has 2 heterocycles. The lowest BCUT2D eigenvalue weighted by atomic mass is 9.50. The van der Waals surface area contributed by atoms with Gasteiger partial charge in [0, 0.05) is 34.7 Å². The molecule has 2 aromatic rings. The van der Waals surface area contributed by atoms with Gasteiger partial charge in [-0.25, -0.2) is 14.8 Å². The Bertz CT molecular complexity index is 1050. The number of nitrogens with two attached hydrogens (primary N) is 1. The maximum atomic E-state index is 12.8. The standard InChI is InChI=1S/C21H23BClN5O3/c22-14-5-15(23)12(4-17(14)31-3-1-2-29)18-13-9-28(10-16(13)25-19(24)26-18)20(30)27-21-6-11(7-21)8-21/h4-5,11,29H,1-3,6-10H2,(H,27,30)(H2,24,25,26). The first kappa shape index (κ1) is 20.4. The van der Waals surface area contributed by atoms with E-state index in [1.807, 2.05) is 0 Å². The van der Waals surface area contributed by atoms with Gasteiger partial charge in [-0.2, -0.15) is 0 Å². The third kappa shape index (κ3) is 3.59. The molecular weight excluding hydrogens is 417 g/mol. The molecule has 31 heavy (non-hydrogen) atoms. The van der Waals surface area contributed by atoms with E-state index in [2.05, 4.69) is 15.3 Å². The average molecular weight is 440 g/mol. The van der Waals surface area contributed by atoms with Crippen LogP contribution in [-0.4, -0.2) is 52.6 Å². The number of urea groups is 1. The van der Waals surface area contributed by atoms with Gasteiger partial charge >= 0.3 is 6.03 Å². The van der Waals surface area contributed by atoms with E-state index >= 15 is 0 Å². The van der Waals surface area contributed by atoms with E-state index in [-0.39, 0.29) is 24.1 Å². The highest BCUT2D eigenvalue weighted by molar-refractivity contribution is 6.39. The van der Waals surface area contributed by atoms with Crippen LogP contribution in [-0.2, 0) is 13.1 Å². The molecule has 6 rings (SSSR count). The van der Waals surface area contributed by atoms with Crippen molar-refractivity contribution in [3.8, 4) is 17.0 Å². The Morgan fingerprint density at radius 3 is 2.81 bits per heavy atom. The number of fused-ring (bicyclic) bond motifs is 1. The zero-order valence-electron chi connectivity index (χ0n) is 17.0. The summed E-state index contributed by atoms with van der Waals surface area (Å²) in [6.45, 7) is 1.09. The molecule has 2 bridgehead atoms. The number of hydrogen-bond donors (Lipinski definition) is 3. The summed E-state index contributed by atoms with van der Waals surface area (Å²) in [6, 6.07) is 3.25. The quantitative estimate of drug-likeness (QED) is 0.464. The Hall–Kier alpha value is -2.52. The smallest absolute Gasteiger partial charge is 0.318 e. The van der Waals surface area contributed by atoms with E-state index in [4.69, 9.17) is 35.0 Å². The van der Waals surface area contributed by atoms with Crippen LogP contribution >= 0.6 is 11.6 Å². The Morgan fingerprint density at radius 1 is 1.35 bits per heavy atom. The zero-order valence-corrected chi connectivity index (χ0v) is 17.8. The van der Waals surface area contributed by atoms with Gasteiger partial charge in [-0.15, -0.1) is 0 Å². The molecule has 1 aliphatic heterocycles. The van der Waals surface area contributed by atoms with Gasteiger partial charge in [0.2, 0.25) is 5.95 Å². The number of aliphatic hydroxyl groups is 1. The molecule has 4 aliphatic rings. The minimum atomic E-state index is -0.0860. The van der Waals surface area contributed by atoms with Gasteiger partial charge in [0.1, 0.15) is 13.6 Å². The molecule has 0 unspecified atom stereocenters. The second kappa shape index (κ2) is 7.56. The molecule has 160 valence electrons. The number of aromatic nitrogens is 2. The van der Waals surface area contributed by atoms with Crippen LogP contribution in [0.3, 0.4) is 0 Å². The van der Waals surface area contributed by atoms with Crippen molar-refractivity contribution < 1.29 is 14.6 Å². The molecular formula is C21H23BClN5O3. The maximum Gasteiger partial charge on any atom is 0.318 e. The lowest BCUT2D eigenvalue weighted by Gasteiger charge is -2.61. The summed E-state index contributed by atoms with van der Waals surface area (Å²) in [7, 11) is 6.05. The topological polar surface area (TPSA) is 114 Å². The molecule has 0 saturated heterocycles. The molecule has 3 aliphatic carbocycles. The number of rotatable bonds is 6. The van der Waals surface area contributed by atoms with Crippen molar-refractivity contribution in [1.82, 2.24) is 20.2 Å². The van der Waals surface area contributed by atoms with Crippen molar-refractivity contribution in [2.45, 2.75) is 44.3 Å². The van der Waals surface area contributed by atoms with Crippen LogP contribution in [0.1, 0.15) is 36.9 Å². The molecule has 3 fully saturated rings. The van der Waals surface area contributed by atoms with Crippen molar-refractivity contribution in [3.05, 3.63) is 28.4 Å². The lowest BCUT2D eigenvalue weighted by molar-refractivity contribution is -0.0434. The van der Waals surface area contributed by atoms with Crippen LogP contribution in [0.25, 0.3) is 11.3 Å². The van der Waals surface area contributed by atoms with Crippen molar-refractivity contribution in [3.63, 3.8) is 0 Å². The number of carbonyl (C=O) groups is 1. The first-order valence-corrected chi connectivity index (χ1v) is 10.8. The maximum absolute atomic E-state index is 12.8. The van der Waals surface area contributed by atoms with E-state index < -0.39 is 0 Å². The highest BCUT2D eigenvalue weighted by Gasteiger charge is 2.57. The van der Waals surface area contributed by atoms with Crippen LogP contribution in [0.2, 0.25) is 5.02 Å². The number of anilines is 1. The molecule has 2 radical (unpaired) electrons. The fourth-order valence-electron chi connectivity index (χ4n) is 4.70. The number of aliphatic hydroxyl groups excluding tert-OH is 1. The van der Waals surface area contributed by atoms with Crippen molar-refractivity contribution in [2.75, 3.05) is 18.9 Å². The second-order valence-corrected chi connectivity index (χ2v) is 9.10. The summed E-state index contributed by atoms with van der Waals surface area (Å²) in [6.07, 6.45) is 3.73. The lowest BCUT2D eigenvalue weighted by Crippen LogP contribution is -2.69. The molecule has 3 saturated carbocycles. The Kier molecular flexibility index (Phi) is 4.98. The summed E-state index contributed by atoms with van der Waals surface area (Å²) in [4.78, 5) is 23.4. The number of amides is 2. The molecule has 0 atom stereocenters. The van der Waals surface area contributed by atoms with Crippen molar-refractivity contribution in [1.29, 1.82) is 0 Å². The summed E-state index contributed by atoms with van der Waals surface area (Å²) >= 11 is 6.50. The molecule has 1 aromatic heterocycles. The van der Waals surface area contributed by atoms with E-state index in [0.717, 1.165) is 30.7 Å². The van der Waals surface area contributed by atoms with Gasteiger partial charge in [0.25, 0.3) is 0 Å². The number of nitrogens with zero attached hydrogens (tertiary/aromatic N) is 3. The fourth-order valence-corrected chi connectivity index (χ4v) is 4.96. The molecule has 8 nitrogen and oxygen atoms in total. The van der Waals surface area contributed by atoms with E-state index in [0.29, 0.717) is 59.3 Å². The van der Waals surface area contributed by atoms with Crippen molar-refractivity contribution in [2.24, 2.45) is 5.92 Å². The minimum absolute atomic E-state index is 0.00509. The summed E-state index contributed by atoms with van der Waals surface area (Å²) < 4.78 is 5.69. The fraction of sp³-hybridized carbons (Fsp3) is 0.476. The third-order valence-electron chi connectivity index (χ3n) is 6.41. The first-order valence-electron chi connectivity index (χ1n) is 10.4. The van der Waals surface area contributed by atoms with Crippen LogP contribution in [0.5, 0.6) is 5.75 Å². The molecule has 2 amide bonds. The normalized spacial score (nSPS) is 23.0. The number of nitrogens with one attached hydrogen (secondary N) is 1. The molecule has 1 aromatic carbocycles.